The van der Waals surface area contributed by atoms with Gasteiger partial charge in [-0.3, -0.25) is 19.4 Å². The van der Waals surface area contributed by atoms with E-state index in [1.807, 2.05) is 0 Å². The SMILES string of the molecule is NC(=O)c1ccc(NC(=O)CCN2CCN3CCCCC3C2)cc1. The van der Waals surface area contributed by atoms with E-state index >= 15 is 0 Å². The van der Waals surface area contributed by atoms with Crippen LogP contribution in [0.1, 0.15) is 36.0 Å². The molecule has 24 heavy (non-hydrogen) atoms. The van der Waals surface area contributed by atoms with Crippen LogP contribution >= 0.6 is 0 Å². The molecule has 2 aliphatic rings. The van der Waals surface area contributed by atoms with Crippen molar-refractivity contribution in [3.8, 4) is 0 Å². The van der Waals surface area contributed by atoms with Gasteiger partial charge in [-0.25, -0.2) is 0 Å². The summed E-state index contributed by atoms with van der Waals surface area (Å²) < 4.78 is 0. The van der Waals surface area contributed by atoms with Gasteiger partial charge in [0, 0.05) is 49.9 Å². The van der Waals surface area contributed by atoms with Crippen molar-refractivity contribution in [3.05, 3.63) is 29.8 Å². The molecular weight excluding hydrogens is 304 g/mol. The number of piperidine rings is 1. The van der Waals surface area contributed by atoms with Gasteiger partial charge in [0.2, 0.25) is 11.8 Å². The van der Waals surface area contributed by atoms with E-state index in [0.717, 1.165) is 26.2 Å². The minimum atomic E-state index is -0.463. The van der Waals surface area contributed by atoms with Gasteiger partial charge in [0.25, 0.3) is 0 Å². The molecule has 1 aromatic rings. The molecule has 0 aromatic heterocycles. The number of rotatable bonds is 5. The summed E-state index contributed by atoms with van der Waals surface area (Å²) in [7, 11) is 0. The molecule has 0 bridgehead atoms. The molecule has 2 heterocycles. The fourth-order valence-corrected chi connectivity index (χ4v) is 3.62. The van der Waals surface area contributed by atoms with Gasteiger partial charge in [0.1, 0.15) is 0 Å². The quantitative estimate of drug-likeness (QED) is 0.852. The lowest BCUT2D eigenvalue weighted by molar-refractivity contribution is -0.116. The number of fused-ring (bicyclic) bond motifs is 1. The monoisotopic (exact) mass is 330 g/mol. The van der Waals surface area contributed by atoms with Crippen LogP contribution in [0.4, 0.5) is 5.69 Å². The first-order valence-electron chi connectivity index (χ1n) is 8.78. The van der Waals surface area contributed by atoms with E-state index in [4.69, 9.17) is 5.73 Å². The third-order valence-electron chi connectivity index (χ3n) is 5.03. The van der Waals surface area contributed by atoms with Gasteiger partial charge in [-0.05, 0) is 43.7 Å². The molecule has 2 saturated heterocycles. The maximum Gasteiger partial charge on any atom is 0.248 e. The van der Waals surface area contributed by atoms with Gasteiger partial charge in [0.15, 0.2) is 0 Å². The molecule has 2 aliphatic heterocycles. The maximum absolute atomic E-state index is 12.1. The normalized spacial score (nSPS) is 21.9. The van der Waals surface area contributed by atoms with Gasteiger partial charge in [-0.2, -0.15) is 0 Å². The van der Waals surface area contributed by atoms with Crippen molar-refractivity contribution in [2.24, 2.45) is 5.73 Å². The molecule has 0 saturated carbocycles. The summed E-state index contributed by atoms with van der Waals surface area (Å²) in [5.41, 5.74) is 6.35. The molecule has 130 valence electrons. The third-order valence-corrected chi connectivity index (χ3v) is 5.03. The van der Waals surface area contributed by atoms with E-state index in [1.165, 1.54) is 25.8 Å². The predicted octanol–water partition coefficient (Wildman–Crippen LogP) is 1.28. The number of nitrogens with two attached hydrogens (primary N) is 1. The van der Waals surface area contributed by atoms with Crippen LogP contribution in [0.5, 0.6) is 0 Å². The largest absolute Gasteiger partial charge is 0.366 e. The Balaban J connectivity index is 1.43. The van der Waals surface area contributed by atoms with Crippen molar-refractivity contribution in [2.45, 2.75) is 31.7 Å². The molecule has 6 nitrogen and oxygen atoms in total. The second kappa shape index (κ2) is 7.77. The van der Waals surface area contributed by atoms with Gasteiger partial charge in [-0.1, -0.05) is 6.42 Å². The Morgan fingerprint density at radius 3 is 2.67 bits per heavy atom. The van der Waals surface area contributed by atoms with Crippen LogP contribution in [0.2, 0.25) is 0 Å². The van der Waals surface area contributed by atoms with Crippen LogP contribution in [-0.2, 0) is 4.79 Å². The number of anilines is 1. The minimum Gasteiger partial charge on any atom is -0.366 e. The molecule has 1 aromatic carbocycles. The number of nitrogens with zero attached hydrogens (tertiary/aromatic N) is 2. The number of piperazine rings is 1. The topological polar surface area (TPSA) is 78.7 Å². The second-order valence-corrected chi connectivity index (χ2v) is 6.73. The van der Waals surface area contributed by atoms with E-state index in [-0.39, 0.29) is 5.91 Å². The summed E-state index contributed by atoms with van der Waals surface area (Å²) in [6, 6.07) is 7.34. The van der Waals surface area contributed by atoms with Crippen molar-refractivity contribution >= 4 is 17.5 Å². The Labute approximate surface area is 143 Å². The minimum absolute atomic E-state index is 0.00731. The highest BCUT2D eigenvalue weighted by atomic mass is 16.2. The number of carbonyl (C=O) groups excluding carboxylic acids is 2. The van der Waals surface area contributed by atoms with Gasteiger partial charge in [0.05, 0.1) is 0 Å². The molecular formula is C18H26N4O2. The van der Waals surface area contributed by atoms with E-state index in [0.29, 0.717) is 23.7 Å². The number of primary amides is 1. The first kappa shape index (κ1) is 16.9. The Bertz CT molecular complexity index is 587. The predicted molar refractivity (Wildman–Crippen MR) is 93.9 cm³/mol. The van der Waals surface area contributed by atoms with Crippen LogP contribution in [0, 0.1) is 0 Å². The van der Waals surface area contributed by atoms with E-state index in [9.17, 15) is 9.59 Å². The van der Waals surface area contributed by atoms with Crippen LogP contribution in [-0.4, -0.2) is 60.4 Å². The molecule has 0 aliphatic carbocycles. The Hall–Kier alpha value is -1.92. The first-order chi connectivity index (χ1) is 11.6. The lowest BCUT2D eigenvalue weighted by Crippen LogP contribution is -2.55. The molecule has 3 N–H and O–H groups in total. The van der Waals surface area contributed by atoms with Crippen molar-refractivity contribution in [1.29, 1.82) is 0 Å². The smallest absolute Gasteiger partial charge is 0.248 e. The van der Waals surface area contributed by atoms with Crippen molar-refractivity contribution < 1.29 is 9.59 Å². The summed E-state index contributed by atoms with van der Waals surface area (Å²) in [5.74, 6) is -0.456. The molecule has 0 radical (unpaired) electrons. The number of benzene rings is 1. The summed E-state index contributed by atoms with van der Waals surface area (Å²) in [6.07, 6.45) is 4.43. The van der Waals surface area contributed by atoms with E-state index < -0.39 is 5.91 Å². The zero-order valence-electron chi connectivity index (χ0n) is 14.0. The highest BCUT2D eigenvalue weighted by molar-refractivity contribution is 5.94. The van der Waals surface area contributed by atoms with Crippen molar-refractivity contribution in [2.75, 3.05) is 38.0 Å². The number of hydrogen-bond acceptors (Lipinski definition) is 4. The zero-order valence-corrected chi connectivity index (χ0v) is 14.0. The molecule has 1 unspecified atom stereocenters. The van der Waals surface area contributed by atoms with Crippen molar-refractivity contribution in [3.63, 3.8) is 0 Å². The van der Waals surface area contributed by atoms with Gasteiger partial charge < -0.3 is 11.1 Å². The van der Waals surface area contributed by atoms with E-state index in [1.54, 1.807) is 24.3 Å². The number of nitrogens with one attached hydrogen (secondary N) is 1. The van der Waals surface area contributed by atoms with E-state index in [2.05, 4.69) is 15.1 Å². The van der Waals surface area contributed by atoms with Crippen LogP contribution in [0.3, 0.4) is 0 Å². The molecule has 0 spiro atoms. The Morgan fingerprint density at radius 2 is 1.92 bits per heavy atom. The number of hydrogen-bond donors (Lipinski definition) is 2. The van der Waals surface area contributed by atoms with Crippen LogP contribution < -0.4 is 11.1 Å². The molecule has 2 fully saturated rings. The highest BCUT2D eigenvalue weighted by Crippen LogP contribution is 2.21. The third kappa shape index (κ3) is 4.33. The Kier molecular flexibility index (Phi) is 5.48. The average molecular weight is 330 g/mol. The average Bonchev–Trinajstić information content (AvgIpc) is 2.60. The van der Waals surface area contributed by atoms with Crippen LogP contribution in [0.25, 0.3) is 0 Å². The van der Waals surface area contributed by atoms with Gasteiger partial charge in [-0.15, -0.1) is 0 Å². The zero-order chi connectivity index (χ0) is 16.9. The maximum atomic E-state index is 12.1. The number of amides is 2. The lowest BCUT2D eigenvalue weighted by atomic mass is 9.99. The second-order valence-electron chi connectivity index (χ2n) is 6.73. The molecule has 6 heteroatoms. The molecule has 1 atom stereocenters. The summed E-state index contributed by atoms with van der Waals surface area (Å²) >= 11 is 0. The summed E-state index contributed by atoms with van der Waals surface area (Å²) in [4.78, 5) is 28.2. The fourth-order valence-electron chi connectivity index (χ4n) is 3.62. The standard InChI is InChI=1S/C18H26N4O2/c19-18(24)14-4-6-15(7-5-14)20-17(23)8-10-21-11-12-22-9-2-1-3-16(22)13-21/h4-7,16H,1-3,8-13H2,(H2,19,24)(H,20,23). The van der Waals surface area contributed by atoms with Gasteiger partial charge >= 0.3 is 0 Å². The Morgan fingerprint density at radius 1 is 1.12 bits per heavy atom. The highest BCUT2D eigenvalue weighted by Gasteiger charge is 2.28. The molecule has 3 rings (SSSR count). The fraction of sp³-hybridized carbons (Fsp3) is 0.556. The van der Waals surface area contributed by atoms with Crippen molar-refractivity contribution in [1.82, 2.24) is 9.80 Å². The number of carbonyl (C=O) groups is 2. The summed E-state index contributed by atoms with van der Waals surface area (Å²) in [6.45, 7) is 5.30. The lowest BCUT2D eigenvalue weighted by Gasteiger charge is -2.44. The molecule has 2 amide bonds. The first-order valence-corrected chi connectivity index (χ1v) is 8.78. The van der Waals surface area contributed by atoms with Crippen LogP contribution in [0.15, 0.2) is 24.3 Å². The summed E-state index contributed by atoms with van der Waals surface area (Å²) in [5, 5.41) is 2.88.